The summed E-state index contributed by atoms with van der Waals surface area (Å²) in [6, 6.07) is 2.66. The summed E-state index contributed by atoms with van der Waals surface area (Å²) in [5, 5.41) is 0. The molecule has 1 nitrogen and oxygen atoms in total. The molecule has 1 unspecified atom stereocenters. The van der Waals surface area contributed by atoms with Crippen LogP contribution in [0.3, 0.4) is 0 Å². The van der Waals surface area contributed by atoms with Crippen molar-refractivity contribution >= 4 is 0 Å². The number of nitrogens with zero attached hydrogens (tertiary/aromatic N) is 1. The van der Waals surface area contributed by atoms with Gasteiger partial charge < -0.3 is 0 Å². The molecule has 102 valence electrons. The van der Waals surface area contributed by atoms with Crippen molar-refractivity contribution in [2.24, 2.45) is 0 Å². The highest BCUT2D eigenvalue weighted by Crippen LogP contribution is 2.30. The van der Waals surface area contributed by atoms with Crippen LogP contribution >= 0.6 is 0 Å². The van der Waals surface area contributed by atoms with Crippen molar-refractivity contribution in [1.29, 1.82) is 0 Å². The van der Waals surface area contributed by atoms with E-state index in [1.54, 1.807) is 6.07 Å². The second kappa shape index (κ2) is 6.76. The van der Waals surface area contributed by atoms with E-state index < -0.39 is 11.9 Å². The topological polar surface area (TPSA) is 12.9 Å². The van der Waals surface area contributed by atoms with E-state index in [1.165, 1.54) is 6.20 Å². The largest absolute Gasteiger partial charge is 0.433 e. The predicted octanol–water partition coefficient (Wildman–Crippen LogP) is 5.17. The Balaban J connectivity index is 2.79. The summed E-state index contributed by atoms with van der Waals surface area (Å²) in [5.41, 5.74) is 0.121. The van der Waals surface area contributed by atoms with Crippen molar-refractivity contribution in [3.05, 3.63) is 29.6 Å². The van der Waals surface area contributed by atoms with E-state index >= 15 is 0 Å². The first-order valence-electron chi connectivity index (χ1n) is 6.52. The van der Waals surface area contributed by atoms with Crippen LogP contribution in [0.5, 0.6) is 0 Å². The number of aromatic nitrogens is 1. The lowest BCUT2D eigenvalue weighted by atomic mass is 9.91. The van der Waals surface area contributed by atoms with Crippen molar-refractivity contribution in [3.8, 4) is 0 Å². The van der Waals surface area contributed by atoms with Gasteiger partial charge in [0.15, 0.2) is 0 Å². The van der Waals surface area contributed by atoms with Crippen molar-refractivity contribution in [2.75, 3.05) is 0 Å². The normalized spacial score (nSPS) is 13.6. The number of halogens is 3. The summed E-state index contributed by atoms with van der Waals surface area (Å²) in [6.07, 6.45) is 2.32. The minimum absolute atomic E-state index is 0.338. The van der Waals surface area contributed by atoms with Crippen LogP contribution in [-0.4, -0.2) is 4.98 Å². The van der Waals surface area contributed by atoms with Crippen LogP contribution in [0.4, 0.5) is 13.2 Å². The molecule has 0 radical (unpaired) electrons. The summed E-state index contributed by atoms with van der Waals surface area (Å²) in [7, 11) is 0. The summed E-state index contributed by atoms with van der Waals surface area (Å²) in [6.45, 7) is 4.21. The van der Waals surface area contributed by atoms with Gasteiger partial charge in [-0.25, -0.2) is 0 Å². The van der Waals surface area contributed by atoms with Crippen LogP contribution in [0.1, 0.15) is 63.1 Å². The van der Waals surface area contributed by atoms with Gasteiger partial charge in [0, 0.05) is 6.20 Å². The first-order chi connectivity index (χ1) is 8.49. The zero-order chi connectivity index (χ0) is 13.6. The molecule has 1 aromatic heterocycles. The molecule has 0 aliphatic carbocycles. The summed E-state index contributed by atoms with van der Waals surface area (Å²) in [4.78, 5) is 3.54. The number of hydrogen-bond acceptors (Lipinski definition) is 1. The molecule has 1 aromatic rings. The van der Waals surface area contributed by atoms with Crippen molar-refractivity contribution in [2.45, 2.75) is 58.0 Å². The molecule has 0 saturated carbocycles. The van der Waals surface area contributed by atoms with E-state index in [0.29, 0.717) is 5.92 Å². The number of pyridine rings is 1. The van der Waals surface area contributed by atoms with Crippen LogP contribution in [0, 0.1) is 0 Å². The first kappa shape index (κ1) is 15.0. The third kappa shape index (κ3) is 4.31. The van der Waals surface area contributed by atoms with Crippen molar-refractivity contribution < 1.29 is 13.2 Å². The SMILES string of the molecule is CCCCC(CCC)c1ccc(C(F)(F)F)nc1. The third-order valence-electron chi connectivity index (χ3n) is 3.09. The lowest BCUT2D eigenvalue weighted by molar-refractivity contribution is -0.141. The highest BCUT2D eigenvalue weighted by atomic mass is 19.4. The third-order valence-corrected chi connectivity index (χ3v) is 3.09. The summed E-state index contributed by atoms with van der Waals surface area (Å²) in [5.74, 6) is 0.338. The van der Waals surface area contributed by atoms with E-state index in [0.717, 1.165) is 43.7 Å². The molecule has 0 aliphatic heterocycles. The Labute approximate surface area is 106 Å². The fraction of sp³-hybridized carbons (Fsp3) is 0.643. The van der Waals surface area contributed by atoms with Gasteiger partial charge in [0.05, 0.1) is 0 Å². The van der Waals surface area contributed by atoms with Crippen LogP contribution < -0.4 is 0 Å². The lowest BCUT2D eigenvalue weighted by Crippen LogP contribution is -2.08. The number of rotatable bonds is 6. The summed E-state index contributed by atoms with van der Waals surface area (Å²) >= 11 is 0. The van der Waals surface area contributed by atoms with E-state index in [-0.39, 0.29) is 0 Å². The molecule has 1 rings (SSSR count). The van der Waals surface area contributed by atoms with Gasteiger partial charge in [0.1, 0.15) is 5.69 Å². The van der Waals surface area contributed by atoms with Gasteiger partial charge in [-0.15, -0.1) is 0 Å². The van der Waals surface area contributed by atoms with Crippen molar-refractivity contribution in [3.63, 3.8) is 0 Å². The highest BCUT2D eigenvalue weighted by molar-refractivity contribution is 5.19. The highest BCUT2D eigenvalue weighted by Gasteiger charge is 2.32. The zero-order valence-electron chi connectivity index (χ0n) is 10.9. The summed E-state index contributed by atoms with van der Waals surface area (Å²) < 4.78 is 37.2. The minimum Gasteiger partial charge on any atom is -0.251 e. The molecule has 0 bridgehead atoms. The fourth-order valence-electron chi connectivity index (χ4n) is 2.09. The fourth-order valence-corrected chi connectivity index (χ4v) is 2.09. The molecule has 1 atom stereocenters. The van der Waals surface area contributed by atoms with Crippen LogP contribution in [0.2, 0.25) is 0 Å². The smallest absolute Gasteiger partial charge is 0.251 e. The van der Waals surface area contributed by atoms with Gasteiger partial charge in [-0.3, -0.25) is 4.98 Å². The number of hydrogen-bond donors (Lipinski definition) is 0. The number of alkyl halides is 3. The van der Waals surface area contributed by atoms with E-state index in [2.05, 4.69) is 18.8 Å². The van der Waals surface area contributed by atoms with E-state index in [9.17, 15) is 13.2 Å². The van der Waals surface area contributed by atoms with Gasteiger partial charge >= 0.3 is 6.18 Å². The molecular formula is C14H20F3N. The standard InChI is InChI=1S/C14H20F3N/c1-3-5-7-11(6-4-2)12-8-9-13(18-10-12)14(15,16)17/h8-11H,3-7H2,1-2H3. The lowest BCUT2D eigenvalue weighted by Gasteiger charge is -2.16. The van der Waals surface area contributed by atoms with Crippen LogP contribution in [0.25, 0.3) is 0 Å². The maximum absolute atomic E-state index is 12.4. The molecule has 0 fully saturated rings. The van der Waals surface area contributed by atoms with Gasteiger partial charge in [0.2, 0.25) is 0 Å². The van der Waals surface area contributed by atoms with Crippen molar-refractivity contribution in [1.82, 2.24) is 4.98 Å². The molecule has 0 aromatic carbocycles. The Morgan fingerprint density at radius 2 is 1.83 bits per heavy atom. The molecule has 1 heterocycles. The average molecular weight is 259 g/mol. The molecule has 0 aliphatic rings. The minimum atomic E-state index is -4.35. The monoisotopic (exact) mass is 259 g/mol. The van der Waals surface area contributed by atoms with Gasteiger partial charge in [-0.05, 0) is 30.4 Å². The maximum Gasteiger partial charge on any atom is 0.433 e. The van der Waals surface area contributed by atoms with Gasteiger partial charge in [-0.1, -0.05) is 39.2 Å². The Hall–Kier alpha value is -1.06. The maximum atomic E-state index is 12.4. The Morgan fingerprint density at radius 1 is 1.11 bits per heavy atom. The predicted molar refractivity (Wildman–Crippen MR) is 66.4 cm³/mol. The van der Waals surface area contributed by atoms with Gasteiger partial charge in [0.25, 0.3) is 0 Å². The van der Waals surface area contributed by atoms with Crippen LogP contribution in [-0.2, 0) is 6.18 Å². The second-order valence-corrected chi connectivity index (χ2v) is 4.60. The molecule has 0 saturated heterocycles. The van der Waals surface area contributed by atoms with E-state index in [1.807, 2.05) is 0 Å². The zero-order valence-corrected chi connectivity index (χ0v) is 10.9. The molecular weight excluding hydrogens is 239 g/mol. The first-order valence-corrected chi connectivity index (χ1v) is 6.52. The van der Waals surface area contributed by atoms with E-state index in [4.69, 9.17) is 0 Å². The Morgan fingerprint density at radius 3 is 2.28 bits per heavy atom. The molecule has 0 N–H and O–H groups in total. The van der Waals surface area contributed by atoms with Gasteiger partial charge in [-0.2, -0.15) is 13.2 Å². The average Bonchev–Trinajstić information content (AvgIpc) is 2.33. The quantitative estimate of drug-likeness (QED) is 0.686. The Bertz CT molecular complexity index is 343. The molecule has 4 heteroatoms. The molecule has 0 spiro atoms. The second-order valence-electron chi connectivity index (χ2n) is 4.60. The van der Waals surface area contributed by atoms with Crippen LogP contribution in [0.15, 0.2) is 18.3 Å². The Kier molecular flexibility index (Phi) is 5.63. The molecule has 18 heavy (non-hydrogen) atoms. The molecule has 0 amide bonds. The number of unbranched alkanes of at least 4 members (excludes halogenated alkanes) is 1.